The molecule has 2 aromatic rings. The lowest BCUT2D eigenvalue weighted by atomic mass is 10.2. The van der Waals surface area contributed by atoms with E-state index in [0.29, 0.717) is 6.54 Å². The van der Waals surface area contributed by atoms with Gasteiger partial charge in [-0.05, 0) is 37.3 Å². The summed E-state index contributed by atoms with van der Waals surface area (Å²) in [5, 5.41) is 4.35. The van der Waals surface area contributed by atoms with Crippen LogP contribution in [-0.4, -0.2) is 39.5 Å². The molecule has 0 aliphatic carbocycles. The summed E-state index contributed by atoms with van der Waals surface area (Å²) in [4.78, 5) is 34.9. The van der Waals surface area contributed by atoms with Crippen LogP contribution in [0.25, 0.3) is 0 Å². The van der Waals surface area contributed by atoms with Crippen LogP contribution >= 0.6 is 0 Å². The number of hydrogen-bond acceptors (Lipinski definition) is 6. The fourth-order valence-corrected chi connectivity index (χ4v) is 3.18. The average molecular weight is 405 g/mol. The molecule has 0 saturated carbocycles. The Morgan fingerprint density at radius 2 is 1.71 bits per heavy atom. The number of carbonyl (C=O) groups is 3. The quantitative estimate of drug-likeness (QED) is 0.598. The topological polar surface area (TPSA) is 131 Å². The van der Waals surface area contributed by atoms with E-state index in [1.54, 1.807) is 25.1 Å². The van der Waals surface area contributed by atoms with E-state index in [4.69, 9.17) is 4.74 Å². The van der Waals surface area contributed by atoms with E-state index in [1.807, 2.05) is 5.32 Å². The van der Waals surface area contributed by atoms with Crippen molar-refractivity contribution < 1.29 is 27.5 Å². The van der Waals surface area contributed by atoms with Gasteiger partial charge in [0.15, 0.2) is 6.61 Å². The Morgan fingerprint density at radius 1 is 1.00 bits per heavy atom. The number of imide groups is 1. The van der Waals surface area contributed by atoms with Crippen LogP contribution in [0.4, 0.5) is 10.5 Å². The van der Waals surface area contributed by atoms with Crippen molar-refractivity contribution in [1.29, 1.82) is 0 Å². The Hall–Kier alpha value is -3.40. The maximum absolute atomic E-state index is 12.3. The fraction of sp³-hybridized carbons (Fsp3) is 0.167. The van der Waals surface area contributed by atoms with Gasteiger partial charge in [-0.3, -0.25) is 14.8 Å². The third-order valence-electron chi connectivity index (χ3n) is 3.33. The van der Waals surface area contributed by atoms with Gasteiger partial charge in [-0.1, -0.05) is 24.3 Å². The maximum Gasteiger partial charge on any atom is 0.338 e. The lowest BCUT2D eigenvalue weighted by Crippen LogP contribution is -2.41. The summed E-state index contributed by atoms with van der Waals surface area (Å²) in [6.07, 6.45) is 0. The Kier molecular flexibility index (Phi) is 7.10. The van der Waals surface area contributed by atoms with Crippen molar-refractivity contribution in [3.8, 4) is 0 Å². The van der Waals surface area contributed by atoms with Gasteiger partial charge in [-0.25, -0.2) is 18.0 Å². The molecule has 28 heavy (non-hydrogen) atoms. The lowest BCUT2D eigenvalue weighted by molar-refractivity contribution is -0.123. The molecule has 3 amide bonds. The van der Waals surface area contributed by atoms with Gasteiger partial charge < -0.3 is 10.1 Å². The van der Waals surface area contributed by atoms with Crippen molar-refractivity contribution in [2.75, 3.05) is 17.9 Å². The highest BCUT2D eigenvalue weighted by molar-refractivity contribution is 7.92. The van der Waals surface area contributed by atoms with Crippen LogP contribution in [0.5, 0.6) is 0 Å². The number of nitrogens with one attached hydrogen (secondary N) is 3. The van der Waals surface area contributed by atoms with E-state index in [0.717, 1.165) is 0 Å². The van der Waals surface area contributed by atoms with Crippen LogP contribution in [0, 0.1) is 0 Å². The third-order valence-corrected chi connectivity index (χ3v) is 4.73. The van der Waals surface area contributed by atoms with Crippen molar-refractivity contribution in [2.45, 2.75) is 11.8 Å². The number of rotatable bonds is 7. The van der Waals surface area contributed by atoms with Gasteiger partial charge >= 0.3 is 12.0 Å². The molecule has 10 heteroatoms. The SMILES string of the molecule is CCNC(=O)NC(=O)COC(=O)c1cccc(NS(=O)(=O)c2ccccc2)c1. The highest BCUT2D eigenvalue weighted by atomic mass is 32.2. The normalized spacial score (nSPS) is 10.6. The zero-order valence-corrected chi connectivity index (χ0v) is 15.8. The average Bonchev–Trinajstić information content (AvgIpc) is 2.67. The van der Waals surface area contributed by atoms with E-state index in [9.17, 15) is 22.8 Å². The van der Waals surface area contributed by atoms with Crippen molar-refractivity contribution >= 4 is 33.6 Å². The second kappa shape index (κ2) is 9.51. The number of sulfonamides is 1. The minimum Gasteiger partial charge on any atom is -0.452 e. The monoisotopic (exact) mass is 405 g/mol. The number of carbonyl (C=O) groups excluding carboxylic acids is 3. The molecule has 0 bridgehead atoms. The van der Waals surface area contributed by atoms with E-state index in [2.05, 4.69) is 10.0 Å². The first-order valence-electron chi connectivity index (χ1n) is 8.24. The van der Waals surface area contributed by atoms with Gasteiger partial charge in [0.05, 0.1) is 10.5 Å². The number of amides is 3. The van der Waals surface area contributed by atoms with Crippen LogP contribution in [-0.2, 0) is 19.6 Å². The molecule has 0 radical (unpaired) electrons. The molecular formula is C18H19N3O6S. The summed E-state index contributed by atoms with van der Waals surface area (Å²) >= 11 is 0. The van der Waals surface area contributed by atoms with Gasteiger partial charge in [0.2, 0.25) is 0 Å². The predicted molar refractivity (Wildman–Crippen MR) is 101 cm³/mol. The second-order valence-electron chi connectivity index (χ2n) is 5.48. The summed E-state index contributed by atoms with van der Waals surface area (Å²) in [5.74, 6) is -1.63. The molecular weight excluding hydrogens is 386 g/mol. The molecule has 0 spiro atoms. The molecule has 0 atom stereocenters. The minimum atomic E-state index is -3.81. The van der Waals surface area contributed by atoms with Gasteiger partial charge in [0, 0.05) is 12.2 Å². The Bertz CT molecular complexity index is 960. The molecule has 0 unspecified atom stereocenters. The second-order valence-corrected chi connectivity index (χ2v) is 7.17. The first-order valence-corrected chi connectivity index (χ1v) is 9.73. The van der Waals surface area contributed by atoms with Crippen molar-refractivity contribution in [3.63, 3.8) is 0 Å². The molecule has 0 aliphatic rings. The molecule has 0 aliphatic heterocycles. The zero-order valence-electron chi connectivity index (χ0n) is 15.0. The highest BCUT2D eigenvalue weighted by Gasteiger charge is 2.16. The molecule has 9 nitrogen and oxygen atoms in total. The highest BCUT2D eigenvalue weighted by Crippen LogP contribution is 2.17. The largest absolute Gasteiger partial charge is 0.452 e. The molecule has 3 N–H and O–H groups in total. The lowest BCUT2D eigenvalue weighted by Gasteiger charge is -2.10. The Labute approximate surface area is 162 Å². The molecule has 148 valence electrons. The van der Waals surface area contributed by atoms with Crippen molar-refractivity contribution in [3.05, 3.63) is 60.2 Å². The minimum absolute atomic E-state index is 0.0408. The standard InChI is InChI=1S/C18H19N3O6S/c1-2-19-18(24)20-16(22)12-27-17(23)13-7-6-8-14(11-13)21-28(25,26)15-9-4-3-5-10-15/h3-11,21H,2,12H2,1H3,(H2,19,20,22,24). The van der Waals surface area contributed by atoms with Crippen LogP contribution in [0.15, 0.2) is 59.5 Å². The van der Waals surface area contributed by atoms with Gasteiger partial charge in [0.25, 0.3) is 15.9 Å². The van der Waals surface area contributed by atoms with E-state index >= 15 is 0 Å². The van der Waals surface area contributed by atoms with E-state index in [-0.39, 0.29) is 16.1 Å². The molecule has 0 heterocycles. The summed E-state index contributed by atoms with van der Waals surface area (Å²) in [6, 6.07) is 12.7. The Balaban J connectivity index is 1.99. The third kappa shape index (κ3) is 6.09. The van der Waals surface area contributed by atoms with Crippen molar-refractivity contribution in [1.82, 2.24) is 10.6 Å². The van der Waals surface area contributed by atoms with Gasteiger partial charge in [0.1, 0.15) is 0 Å². The number of hydrogen-bond donors (Lipinski definition) is 3. The fourth-order valence-electron chi connectivity index (χ4n) is 2.11. The summed E-state index contributed by atoms with van der Waals surface area (Å²) in [7, 11) is -3.81. The summed E-state index contributed by atoms with van der Waals surface area (Å²) in [6.45, 7) is 1.36. The number of anilines is 1. The van der Waals surface area contributed by atoms with Crippen LogP contribution in [0.1, 0.15) is 17.3 Å². The maximum atomic E-state index is 12.3. The smallest absolute Gasteiger partial charge is 0.338 e. The van der Waals surface area contributed by atoms with E-state index < -0.39 is 34.5 Å². The molecule has 0 saturated heterocycles. The van der Waals surface area contributed by atoms with Crippen LogP contribution < -0.4 is 15.4 Å². The first kappa shape index (κ1) is 20.9. The first-order chi connectivity index (χ1) is 13.3. The Morgan fingerprint density at radius 3 is 2.39 bits per heavy atom. The van der Waals surface area contributed by atoms with Crippen LogP contribution in [0.2, 0.25) is 0 Å². The molecule has 2 rings (SSSR count). The molecule has 0 fully saturated rings. The zero-order chi connectivity index (χ0) is 20.6. The van der Waals surface area contributed by atoms with Gasteiger partial charge in [-0.2, -0.15) is 0 Å². The van der Waals surface area contributed by atoms with Crippen LogP contribution in [0.3, 0.4) is 0 Å². The number of urea groups is 1. The van der Waals surface area contributed by atoms with Gasteiger partial charge in [-0.15, -0.1) is 0 Å². The predicted octanol–water partition coefficient (Wildman–Crippen LogP) is 1.49. The van der Waals surface area contributed by atoms with E-state index in [1.165, 1.54) is 36.4 Å². The summed E-state index contributed by atoms with van der Waals surface area (Å²) in [5.41, 5.74) is 0.198. The number of benzene rings is 2. The molecule has 2 aromatic carbocycles. The molecule has 0 aromatic heterocycles. The van der Waals surface area contributed by atoms with Crippen molar-refractivity contribution in [2.24, 2.45) is 0 Å². The number of ether oxygens (including phenoxy) is 1. The summed E-state index contributed by atoms with van der Waals surface area (Å²) < 4.78 is 31.9. The number of esters is 1.